The van der Waals surface area contributed by atoms with E-state index in [1.54, 1.807) is 12.3 Å². The summed E-state index contributed by atoms with van der Waals surface area (Å²) in [5, 5.41) is 9.40. The normalized spacial score (nSPS) is 17.6. The summed E-state index contributed by atoms with van der Waals surface area (Å²) in [5.41, 5.74) is 1.99. The summed E-state index contributed by atoms with van der Waals surface area (Å²) in [5.74, 6) is 0.953. The van der Waals surface area contributed by atoms with Gasteiger partial charge in [0.1, 0.15) is 11.4 Å². The Balaban J connectivity index is 1.80. The third kappa shape index (κ3) is 2.26. The number of imidazole rings is 1. The molecule has 3 heterocycles. The number of fused-ring (bicyclic) bond motifs is 1. The van der Waals surface area contributed by atoms with Gasteiger partial charge in [0.2, 0.25) is 0 Å². The summed E-state index contributed by atoms with van der Waals surface area (Å²) < 4.78 is 7.23. The zero-order chi connectivity index (χ0) is 11.7. The van der Waals surface area contributed by atoms with Crippen molar-refractivity contribution in [1.82, 2.24) is 9.38 Å². The number of pyridine rings is 1. The molecule has 0 aromatic carbocycles. The predicted octanol–water partition coefficient (Wildman–Crippen LogP) is 2.01. The molecule has 1 N–H and O–H groups in total. The molecule has 4 nitrogen and oxygen atoms in total. The topological polar surface area (TPSA) is 46.8 Å². The minimum absolute atomic E-state index is 0.271. The van der Waals surface area contributed by atoms with Gasteiger partial charge in [-0.2, -0.15) is 0 Å². The molecule has 1 aliphatic rings. The largest absolute Gasteiger partial charge is 0.506 e. The van der Waals surface area contributed by atoms with E-state index in [0.29, 0.717) is 5.92 Å². The van der Waals surface area contributed by atoms with Gasteiger partial charge >= 0.3 is 0 Å². The SMILES string of the molecule is Oc1ccc2nc(CC3CCOCC3)cn2c1. The lowest BCUT2D eigenvalue weighted by Crippen LogP contribution is -2.17. The lowest BCUT2D eigenvalue weighted by atomic mass is 9.95. The molecule has 0 radical (unpaired) electrons. The Bertz CT molecular complexity index is 515. The van der Waals surface area contributed by atoms with Crippen LogP contribution in [0.4, 0.5) is 0 Å². The molecule has 0 aliphatic carbocycles. The maximum atomic E-state index is 9.40. The summed E-state index contributed by atoms with van der Waals surface area (Å²) in [7, 11) is 0. The van der Waals surface area contributed by atoms with Gasteiger partial charge in [-0.05, 0) is 37.3 Å². The first kappa shape index (κ1) is 10.6. The van der Waals surface area contributed by atoms with Gasteiger partial charge in [0.15, 0.2) is 0 Å². The average molecular weight is 232 g/mol. The van der Waals surface area contributed by atoms with E-state index in [2.05, 4.69) is 4.98 Å². The number of hydrogen-bond donors (Lipinski definition) is 1. The molecular formula is C13H16N2O2. The predicted molar refractivity (Wildman–Crippen MR) is 64.1 cm³/mol. The highest BCUT2D eigenvalue weighted by atomic mass is 16.5. The standard InChI is InChI=1S/C13H16N2O2/c16-12-1-2-13-14-11(8-15(13)9-12)7-10-3-5-17-6-4-10/h1-2,8-10,16H,3-7H2. The van der Waals surface area contributed by atoms with Crippen LogP contribution in [0.5, 0.6) is 5.75 Å². The summed E-state index contributed by atoms with van der Waals surface area (Å²) in [6.07, 6.45) is 6.95. The smallest absolute Gasteiger partial charge is 0.137 e. The van der Waals surface area contributed by atoms with Gasteiger partial charge in [-0.1, -0.05) is 0 Å². The second kappa shape index (κ2) is 4.37. The number of rotatable bonds is 2. The average Bonchev–Trinajstić information content (AvgIpc) is 2.71. The third-order valence-electron chi connectivity index (χ3n) is 3.32. The lowest BCUT2D eigenvalue weighted by molar-refractivity contribution is 0.0663. The lowest BCUT2D eigenvalue weighted by Gasteiger charge is -2.20. The van der Waals surface area contributed by atoms with Gasteiger partial charge in [-0.25, -0.2) is 4.98 Å². The zero-order valence-electron chi connectivity index (χ0n) is 9.67. The van der Waals surface area contributed by atoms with Crippen molar-refractivity contribution >= 4 is 5.65 Å². The van der Waals surface area contributed by atoms with E-state index >= 15 is 0 Å². The molecule has 1 aliphatic heterocycles. The van der Waals surface area contributed by atoms with Gasteiger partial charge in [0.05, 0.1) is 11.9 Å². The zero-order valence-corrected chi connectivity index (χ0v) is 9.67. The highest BCUT2D eigenvalue weighted by molar-refractivity contribution is 5.42. The Kier molecular flexibility index (Phi) is 2.73. The molecule has 17 heavy (non-hydrogen) atoms. The van der Waals surface area contributed by atoms with E-state index in [4.69, 9.17) is 4.74 Å². The quantitative estimate of drug-likeness (QED) is 0.861. The summed E-state index contributed by atoms with van der Waals surface area (Å²) in [6.45, 7) is 1.75. The van der Waals surface area contributed by atoms with E-state index in [0.717, 1.165) is 43.8 Å². The van der Waals surface area contributed by atoms with E-state index in [9.17, 15) is 5.11 Å². The van der Waals surface area contributed by atoms with Crippen LogP contribution in [-0.4, -0.2) is 27.7 Å². The number of ether oxygens (including phenoxy) is 1. The molecule has 0 atom stereocenters. The molecule has 2 aromatic rings. The molecule has 1 saturated heterocycles. The molecule has 90 valence electrons. The second-order valence-corrected chi connectivity index (χ2v) is 4.64. The molecule has 1 fully saturated rings. The van der Waals surface area contributed by atoms with Crippen molar-refractivity contribution in [2.24, 2.45) is 5.92 Å². The van der Waals surface area contributed by atoms with Crippen molar-refractivity contribution in [2.45, 2.75) is 19.3 Å². The van der Waals surface area contributed by atoms with Crippen molar-refractivity contribution in [3.63, 3.8) is 0 Å². The molecule has 0 saturated carbocycles. The van der Waals surface area contributed by atoms with Crippen LogP contribution >= 0.6 is 0 Å². The maximum Gasteiger partial charge on any atom is 0.137 e. The fraction of sp³-hybridized carbons (Fsp3) is 0.462. The minimum atomic E-state index is 0.271. The van der Waals surface area contributed by atoms with Crippen molar-refractivity contribution in [3.8, 4) is 5.75 Å². The number of nitrogens with zero attached hydrogens (tertiary/aromatic N) is 2. The number of aromatic nitrogens is 2. The molecule has 0 amide bonds. The Hall–Kier alpha value is -1.55. The van der Waals surface area contributed by atoms with Crippen LogP contribution in [0, 0.1) is 5.92 Å². The molecule has 0 unspecified atom stereocenters. The van der Waals surface area contributed by atoms with Crippen LogP contribution in [0.3, 0.4) is 0 Å². The van der Waals surface area contributed by atoms with Gasteiger partial charge in [-0.15, -0.1) is 0 Å². The van der Waals surface area contributed by atoms with Crippen molar-refractivity contribution in [2.75, 3.05) is 13.2 Å². The second-order valence-electron chi connectivity index (χ2n) is 4.64. The van der Waals surface area contributed by atoms with Crippen LogP contribution < -0.4 is 0 Å². The molecule has 4 heteroatoms. The maximum absolute atomic E-state index is 9.40. The molecular weight excluding hydrogens is 216 g/mol. The van der Waals surface area contributed by atoms with E-state index in [1.165, 1.54) is 0 Å². The van der Waals surface area contributed by atoms with Gasteiger partial charge in [0.25, 0.3) is 0 Å². The highest BCUT2D eigenvalue weighted by Gasteiger charge is 2.15. The minimum Gasteiger partial charge on any atom is -0.506 e. The van der Waals surface area contributed by atoms with Crippen LogP contribution in [0.15, 0.2) is 24.5 Å². The first-order valence-electron chi connectivity index (χ1n) is 6.05. The van der Waals surface area contributed by atoms with Gasteiger partial charge < -0.3 is 14.2 Å². The van der Waals surface area contributed by atoms with Crippen molar-refractivity contribution in [3.05, 3.63) is 30.2 Å². The first-order valence-corrected chi connectivity index (χ1v) is 6.05. The first-order chi connectivity index (χ1) is 8.31. The van der Waals surface area contributed by atoms with Crippen LogP contribution in [0.25, 0.3) is 5.65 Å². The van der Waals surface area contributed by atoms with Gasteiger partial charge in [-0.3, -0.25) is 0 Å². The summed E-state index contributed by atoms with van der Waals surface area (Å²) in [4.78, 5) is 4.56. The fourth-order valence-electron chi connectivity index (χ4n) is 2.38. The highest BCUT2D eigenvalue weighted by Crippen LogP contribution is 2.20. The summed E-state index contributed by atoms with van der Waals surface area (Å²) >= 11 is 0. The fourth-order valence-corrected chi connectivity index (χ4v) is 2.38. The van der Waals surface area contributed by atoms with Crippen molar-refractivity contribution in [1.29, 1.82) is 0 Å². The van der Waals surface area contributed by atoms with E-state index in [1.807, 2.05) is 16.7 Å². The monoisotopic (exact) mass is 232 g/mol. The van der Waals surface area contributed by atoms with E-state index < -0.39 is 0 Å². The Labute approximate surface area is 99.9 Å². The van der Waals surface area contributed by atoms with Gasteiger partial charge in [0, 0.05) is 19.4 Å². The van der Waals surface area contributed by atoms with Crippen LogP contribution in [-0.2, 0) is 11.2 Å². The molecule has 0 bridgehead atoms. The Morgan fingerprint density at radius 3 is 2.94 bits per heavy atom. The summed E-state index contributed by atoms with van der Waals surface area (Å²) in [6, 6.07) is 3.50. The molecule has 3 rings (SSSR count). The Morgan fingerprint density at radius 2 is 2.12 bits per heavy atom. The third-order valence-corrected chi connectivity index (χ3v) is 3.32. The Morgan fingerprint density at radius 1 is 1.29 bits per heavy atom. The van der Waals surface area contributed by atoms with Crippen LogP contribution in [0.1, 0.15) is 18.5 Å². The molecule has 2 aromatic heterocycles. The van der Waals surface area contributed by atoms with Crippen LogP contribution in [0.2, 0.25) is 0 Å². The number of aromatic hydroxyl groups is 1. The van der Waals surface area contributed by atoms with Crippen molar-refractivity contribution < 1.29 is 9.84 Å². The van der Waals surface area contributed by atoms with E-state index in [-0.39, 0.29) is 5.75 Å². The number of hydrogen-bond acceptors (Lipinski definition) is 3. The molecule has 0 spiro atoms.